The number of Topliss-reactive ketones (excluding diaryl/α,β-unsaturated/α-hetero) is 1. The van der Waals surface area contributed by atoms with Crippen molar-refractivity contribution in [2.45, 2.75) is 78.6 Å². The fraction of sp³-hybridized carbons (Fsp3) is 0.750. The monoisotopic (exact) mass is 473 g/mol. The fourth-order valence-corrected chi connectivity index (χ4v) is 9.17. The molecule has 0 spiro atoms. The van der Waals surface area contributed by atoms with E-state index in [0.717, 1.165) is 55.1 Å². The summed E-state index contributed by atoms with van der Waals surface area (Å²) < 4.78 is 27.2. The van der Waals surface area contributed by atoms with Gasteiger partial charge in [-0.15, -0.1) is 0 Å². The van der Waals surface area contributed by atoms with Crippen LogP contribution in [0, 0.1) is 58.0 Å². The zero-order valence-corrected chi connectivity index (χ0v) is 21.0. The molecular formula is C28H41F2N3O. The summed E-state index contributed by atoms with van der Waals surface area (Å²) in [5.41, 5.74) is 6.53. The summed E-state index contributed by atoms with van der Waals surface area (Å²) >= 11 is 0. The number of rotatable bonds is 4. The first-order chi connectivity index (χ1) is 16.0. The Hall–Kier alpha value is -1.69. The van der Waals surface area contributed by atoms with Crippen LogP contribution in [0.4, 0.5) is 20.2 Å². The highest BCUT2D eigenvalue weighted by Gasteiger charge is 2.61. The first-order valence-electron chi connectivity index (χ1n) is 13.3. The number of ketones is 1. The first kappa shape index (κ1) is 24.0. The molecule has 6 heteroatoms. The van der Waals surface area contributed by atoms with E-state index in [1.807, 2.05) is 0 Å². The van der Waals surface area contributed by atoms with Gasteiger partial charge in [0, 0.05) is 18.1 Å². The van der Waals surface area contributed by atoms with E-state index in [1.165, 1.54) is 43.5 Å². The van der Waals surface area contributed by atoms with Crippen LogP contribution in [0.1, 0.15) is 78.6 Å². The summed E-state index contributed by atoms with van der Waals surface area (Å²) in [4.78, 5) is 13.5. The number of fused-ring (bicyclic) bond motifs is 5. The van der Waals surface area contributed by atoms with Crippen LogP contribution in [-0.4, -0.2) is 12.3 Å². The summed E-state index contributed by atoms with van der Waals surface area (Å²) in [6.07, 6.45) is 11.1. The Bertz CT molecular complexity index is 969. The maximum Gasteiger partial charge on any atom is 0.161 e. The summed E-state index contributed by atoms with van der Waals surface area (Å²) in [6, 6.07) is 1.90. The van der Waals surface area contributed by atoms with E-state index in [0.29, 0.717) is 11.3 Å². The van der Waals surface area contributed by atoms with Gasteiger partial charge in [-0.05, 0) is 91.8 Å². The van der Waals surface area contributed by atoms with Crippen LogP contribution >= 0.6 is 0 Å². The van der Waals surface area contributed by atoms with Crippen LogP contribution in [0.15, 0.2) is 12.1 Å². The second kappa shape index (κ2) is 8.46. The number of carbonyl (C=O) groups excluding carboxylic acids is 1. The predicted molar refractivity (Wildman–Crippen MR) is 132 cm³/mol. The van der Waals surface area contributed by atoms with Crippen LogP contribution in [-0.2, 0) is 4.79 Å². The minimum absolute atomic E-state index is 0.00381. The highest BCUT2D eigenvalue weighted by Crippen LogP contribution is 2.67. The number of anilines is 2. The third-order valence-electron chi connectivity index (χ3n) is 11.0. The SMILES string of the molecule is CC1CCC2(C)C(CCC3C2CCC2(C)C(C(=O)CN(N)c4cc(F)c(F)cc4N)CCC32)C1. The number of hydrogen-bond acceptors (Lipinski definition) is 4. The molecule has 0 radical (unpaired) electrons. The van der Waals surface area contributed by atoms with Gasteiger partial charge < -0.3 is 10.7 Å². The van der Waals surface area contributed by atoms with Gasteiger partial charge in [-0.1, -0.05) is 27.2 Å². The van der Waals surface area contributed by atoms with E-state index in [4.69, 9.17) is 11.6 Å². The van der Waals surface area contributed by atoms with E-state index < -0.39 is 11.6 Å². The molecule has 8 atom stereocenters. The van der Waals surface area contributed by atoms with Gasteiger partial charge in [0.25, 0.3) is 0 Å². The van der Waals surface area contributed by atoms with Crippen LogP contribution in [0.25, 0.3) is 0 Å². The summed E-state index contributed by atoms with van der Waals surface area (Å²) in [6.45, 7) is 7.31. The summed E-state index contributed by atoms with van der Waals surface area (Å²) in [7, 11) is 0. The number of hydrogen-bond donors (Lipinski definition) is 2. The van der Waals surface area contributed by atoms with Gasteiger partial charge in [0.05, 0.1) is 17.9 Å². The Morgan fingerprint density at radius 3 is 2.44 bits per heavy atom. The van der Waals surface area contributed by atoms with E-state index >= 15 is 0 Å². The van der Waals surface area contributed by atoms with E-state index in [2.05, 4.69) is 20.8 Å². The molecule has 8 unspecified atom stereocenters. The molecular weight excluding hydrogens is 432 g/mol. The molecule has 4 aliphatic rings. The molecule has 4 aliphatic carbocycles. The van der Waals surface area contributed by atoms with Crippen LogP contribution in [0.5, 0.6) is 0 Å². The summed E-state index contributed by atoms with van der Waals surface area (Å²) in [5, 5.41) is 1.19. The van der Waals surface area contributed by atoms with Gasteiger partial charge in [-0.25, -0.2) is 14.6 Å². The van der Waals surface area contributed by atoms with Crippen LogP contribution in [0.3, 0.4) is 0 Å². The molecule has 5 rings (SSSR count). The number of carbonyl (C=O) groups is 1. The average molecular weight is 474 g/mol. The molecule has 0 aliphatic heterocycles. The van der Waals surface area contributed by atoms with Crippen molar-refractivity contribution in [1.29, 1.82) is 0 Å². The van der Waals surface area contributed by atoms with Gasteiger partial charge in [-0.3, -0.25) is 4.79 Å². The van der Waals surface area contributed by atoms with Crippen molar-refractivity contribution in [3.63, 3.8) is 0 Å². The molecule has 0 saturated heterocycles. The van der Waals surface area contributed by atoms with E-state index in [9.17, 15) is 13.6 Å². The maximum atomic E-state index is 13.8. The lowest BCUT2D eigenvalue weighted by Gasteiger charge is -2.61. The minimum Gasteiger partial charge on any atom is -0.397 e. The Balaban J connectivity index is 1.32. The number of halogens is 2. The maximum absolute atomic E-state index is 13.8. The summed E-state index contributed by atoms with van der Waals surface area (Å²) in [5.74, 6) is 8.02. The lowest BCUT2D eigenvalue weighted by molar-refractivity contribution is -0.135. The molecule has 188 valence electrons. The van der Waals surface area contributed by atoms with E-state index in [1.54, 1.807) is 0 Å². The van der Waals surface area contributed by atoms with Crippen molar-refractivity contribution in [2.75, 3.05) is 17.3 Å². The number of hydrazine groups is 1. The Morgan fingerprint density at radius 1 is 1.00 bits per heavy atom. The average Bonchev–Trinajstić information content (AvgIpc) is 3.14. The van der Waals surface area contributed by atoms with E-state index in [-0.39, 0.29) is 35.0 Å². The third kappa shape index (κ3) is 3.66. The number of benzene rings is 1. The van der Waals surface area contributed by atoms with Gasteiger partial charge in [0.15, 0.2) is 17.4 Å². The molecule has 4 fully saturated rings. The zero-order valence-electron chi connectivity index (χ0n) is 21.0. The van der Waals surface area contributed by atoms with Crippen LogP contribution < -0.4 is 16.6 Å². The highest BCUT2D eigenvalue weighted by molar-refractivity contribution is 5.87. The Labute approximate surface area is 202 Å². The third-order valence-corrected chi connectivity index (χ3v) is 11.0. The predicted octanol–water partition coefficient (Wildman–Crippen LogP) is 6.09. The second-order valence-electron chi connectivity index (χ2n) is 12.6. The molecule has 4 nitrogen and oxygen atoms in total. The quantitative estimate of drug-likeness (QED) is 0.315. The zero-order chi connectivity index (χ0) is 24.4. The largest absolute Gasteiger partial charge is 0.397 e. The Morgan fingerprint density at radius 2 is 1.68 bits per heavy atom. The van der Waals surface area contributed by atoms with Crippen molar-refractivity contribution >= 4 is 17.2 Å². The molecule has 1 aromatic rings. The fourth-order valence-electron chi connectivity index (χ4n) is 9.17. The molecule has 0 heterocycles. The number of nitrogens with zero attached hydrogens (tertiary/aromatic N) is 1. The van der Waals surface area contributed by atoms with Crippen molar-refractivity contribution in [3.8, 4) is 0 Å². The van der Waals surface area contributed by atoms with Crippen molar-refractivity contribution in [3.05, 3.63) is 23.8 Å². The number of nitrogen functional groups attached to an aromatic ring is 1. The van der Waals surface area contributed by atoms with Crippen molar-refractivity contribution < 1.29 is 13.6 Å². The molecule has 0 aromatic heterocycles. The topological polar surface area (TPSA) is 72.3 Å². The second-order valence-corrected chi connectivity index (χ2v) is 12.6. The Kier molecular flexibility index (Phi) is 5.98. The molecule has 1 aromatic carbocycles. The molecule has 34 heavy (non-hydrogen) atoms. The van der Waals surface area contributed by atoms with Crippen molar-refractivity contribution in [1.82, 2.24) is 0 Å². The van der Waals surface area contributed by atoms with Crippen LogP contribution in [0.2, 0.25) is 0 Å². The number of nitrogens with two attached hydrogens (primary N) is 2. The lowest BCUT2D eigenvalue weighted by atomic mass is 9.44. The molecule has 0 amide bonds. The first-order valence-corrected chi connectivity index (χ1v) is 13.3. The van der Waals surface area contributed by atoms with Crippen molar-refractivity contribution in [2.24, 2.45) is 52.2 Å². The lowest BCUT2D eigenvalue weighted by Crippen LogP contribution is -2.54. The minimum atomic E-state index is -1.01. The standard InChI is InChI=1S/C28H41F2N3O/c1-16-8-10-27(2)17(12-16)4-5-18-19-6-7-21(28(19,3)11-9-20(18)27)26(34)15-33(32)25-14-23(30)22(29)13-24(25)31/h13-14,16-21H,4-12,15,31-32H2,1-3H3. The van der Waals surface area contributed by atoms with Gasteiger partial charge in [-0.2, -0.15) is 0 Å². The van der Waals surface area contributed by atoms with Gasteiger partial charge in [0.1, 0.15) is 0 Å². The molecule has 4 saturated carbocycles. The molecule has 4 N–H and O–H groups in total. The smallest absolute Gasteiger partial charge is 0.161 e. The van der Waals surface area contributed by atoms with Gasteiger partial charge in [0.2, 0.25) is 0 Å². The van der Waals surface area contributed by atoms with Gasteiger partial charge >= 0.3 is 0 Å². The highest BCUT2D eigenvalue weighted by atomic mass is 19.2. The molecule has 0 bridgehead atoms. The normalized spacial score (nSPS) is 41.4.